The number of rotatable bonds is 54. The lowest BCUT2D eigenvalue weighted by Gasteiger charge is -2.43. The van der Waals surface area contributed by atoms with Crippen molar-refractivity contribution in [2.75, 3.05) is 66.1 Å². The van der Waals surface area contributed by atoms with Crippen molar-refractivity contribution in [3.8, 4) is 0 Å². The van der Waals surface area contributed by atoms with Crippen LogP contribution in [0, 0.1) is 0 Å². The van der Waals surface area contributed by atoms with E-state index in [1.807, 2.05) is 19.6 Å². The molecule has 0 amide bonds. The quantitative estimate of drug-likeness (QED) is 0.0110. The Kier molecular flexibility index (Phi) is 48.6. The predicted octanol–water partition coefficient (Wildman–Crippen LogP) is 10.7. The number of carbonyl (C=O) groups is 10. The Hall–Kier alpha value is -4.80. The van der Waals surface area contributed by atoms with E-state index >= 15 is 0 Å². The van der Waals surface area contributed by atoms with Crippen molar-refractivity contribution in [3.63, 3.8) is 0 Å². The smallest absolute Gasteiger partial charge is 0.333 e. The fourth-order valence-electron chi connectivity index (χ4n) is 10.1. The second-order valence-electron chi connectivity index (χ2n) is 28.9. The lowest BCUT2D eigenvalue weighted by atomic mass is 10.3. The Morgan fingerprint density at radius 1 is 0.408 bits per heavy atom. The molecule has 1 saturated heterocycles. The van der Waals surface area contributed by atoms with E-state index in [1.54, 1.807) is 27.7 Å². The van der Waals surface area contributed by atoms with Gasteiger partial charge in [-0.15, -0.1) is 0 Å². The van der Waals surface area contributed by atoms with E-state index in [2.05, 4.69) is 103 Å². The van der Waals surface area contributed by atoms with Crippen LogP contribution in [-0.4, -0.2) is 226 Å². The molecule has 0 bridgehead atoms. The number of hydrogen-bond donors (Lipinski definition) is 4. The molecular weight excluding hydrogens is 1480 g/mol. The van der Waals surface area contributed by atoms with Crippen LogP contribution in [0.5, 0.6) is 0 Å². The molecule has 594 valence electrons. The van der Waals surface area contributed by atoms with Gasteiger partial charge < -0.3 is 87.7 Å². The first kappa shape index (κ1) is 100. The molecule has 1 aliphatic heterocycles. The lowest BCUT2D eigenvalue weighted by molar-refractivity contribution is -0.164. The zero-order chi connectivity index (χ0) is 79.6. The molecule has 4 atom stereocenters. The molecule has 0 aromatic rings. The normalized spacial score (nSPS) is 14.4. The number of carboxylic acids is 2. The minimum Gasteiger partial charge on any atom is -0.481 e. The second-order valence-corrected chi connectivity index (χ2v) is 61.0. The van der Waals surface area contributed by atoms with Crippen LogP contribution in [0.25, 0.3) is 0 Å². The first-order valence-corrected chi connectivity index (χ1v) is 57.9. The van der Waals surface area contributed by atoms with Gasteiger partial charge in [-0.1, -0.05) is 26.3 Å². The Labute approximate surface area is 619 Å². The van der Waals surface area contributed by atoms with Crippen molar-refractivity contribution in [2.45, 2.75) is 245 Å². The van der Waals surface area contributed by atoms with E-state index in [0.29, 0.717) is 98.8 Å². The van der Waals surface area contributed by atoms with Crippen LogP contribution in [0.1, 0.15) is 105 Å². The van der Waals surface area contributed by atoms with Gasteiger partial charge in [0.1, 0.15) is 12.7 Å². The molecule has 0 radical (unpaired) electrons. The summed E-state index contributed by atoms with van der Waals surface area (Å²) in [6.07, 6.45) is 0.763. The number of carboxylic acid groups (broad SMARTS) is 2. The van der Waals surface area contributed by atoms with E-state index in [0.717, 1.165) is 18.1 Å². The summed E-state index contributed by atoms with van der Waals surface area (Å²) in [5.74, 6) is -6.38. The number of aliphatic carboxylic acids is 2. The van der Waals surface area contributed by atoms with Crippen molar-refractivity contribution in [2.24, 2.45) is 0 Å². The highest BCUT2D eigenvalue weighted by atomic mass is 28.5. The second kappa shape index (κ2) is 49.9. The van der Waals surface area contributed by atoms with Crippen LogP contribution in [0.4, 0.5) is 0 Å². The summed E-state index contributed by atoms with van der Waals surface area (Å²) in [6, 6.07) is 4.25. The molecule has 37 heteroatoms. The van der Waals surface area contributed by atoms with E-state index < -0.39 is 153 Å². The van der Waals surface area contributed by atoms with Crippen LogP contribution in [-0.2, 0) is 115 Å². The average molecular weight is 1610 g/mol. The van der Waals surface area contributed by atoms with Gasteiger partial charge in [-0.3, -0.25) is 28.8 Å². The topological polar surface area (TPSA) is 390 Å². The van der Waals surface area contributed by atoms with E-state index in [4.69, 9.17) is 77.9 Å². The number of hydrogen-bond acceptors (Lipinski definition) is 27. The van der Waals surface area contributed by atoms with Crippen molar-refractivity contribution in [1.82, 2.24) is 0 Å². The van der Waals surface area contributed by atoms with Gasteiger partial charge in [-0.05, 0) is 194 Å². The standard InChI is InChI=1S/C35H64O16Si4.C27H56O10Si4.C4H4O3/c1-27(2)34(42)45-20-13-22-52(5,6)49-54(9,10)51-55(11,50-53(7,8)23-14-21-46-35(43)28(3)4)24-12-19-44-25-29(48-33(41)18-16-31(38)39)26-47-32(40)17-15-30(36)37;1-23(2)26(30)33-16-13-18-38(5,6)35-40(9,10)37-41(11,20-12-15-32-22-25(29)21-28)36-39(7,8)19-14-17-34-27(31)24(3)4;5-3-1-2-4(6)7-3/h29H,1,3,12-26H2,2,4-11H3,(H,36,37)(H,38,39);25,28-29H,1,3,12-22H2,2,4-11H3;1-2H2. The Bertz CT molecular complexity index is 2750. The molecule has 4 N–H and O–H groups in total. The summed E-state index contributed by atoms with van der Waals surface area (Å²) >= 11 is 0. The molecule has 0 saturated carbocycles. The molecule has 1 aliphatic rings. The average Bonchev–Trinajstić information content (AvgIpc) is 1.44. The molecule has 0 aromatic carbocycles. The molecule has 103 heavy (non-hydrogen) atoms. The molecule has 1 rings (SSSR count). The van der Waals surface area contributed by atoms with Gasteiger partial charge >= 0.3 is 93.9 Å². The third kappa shape index (κ3) is 54.4. The Balaban J connectivity index is 0. The molecular formula is C66H124O29Si8. The summed E-state index contributed by atoms with van der Waals surface area (Å²) in [6.45, 7) is 50.9. The molecule has 0 aromatic heterocycles. The van der Waals surface area contributed by atoms with Gasteiger partial charge in [0.25, 0.3) is 0 Å². The maximum Gasteiger partial charge on any atom is 0.333 e. The third-order valence-electron chi connectivity index (χ3n) is 14.2. The van der Waals surface area contributed by atoms with Gasteiger partial charge in [0.05, 0.1) is 84.8 Å². The number of cyclic esters (lactones) is 2. The van der Waals surface area contributed by atoms with Crippen molar-refractivity contribution < 1.29 is 136 Å². The number of carbonyl (C=O) groups excluding carboxylic acids is 8. The number of aliphatic hydroxyl groups excluding tert-OH is 2. The summed E-state index contributed by atoms with van der Waals surface area (Å²) in [4.78, 5) is 113. The lowest BCUT2D eigenvalue weighted by Crippen LogP contribution is -2.57. The van der Waals surface area contributed by atoms with Gasteiger partial charge in [0.2, 0.25) is 0 Å². The minimum absolute atomic E-state index is 0.0739. The maximum absolute atomic E-state index is 12.2. The van der Waals surface area contributed by atoms with Gasteiger partial charge in [-0.25, -0.2) is 19.2 Å². The highest BCUT2D eigenvalue weighted by Crippen LogP contribution is 2.33. The summed E-state index contributed by atoms with van der Waals surface area (Å²) < 4.78 is 88.0. The molecule has 0 aliphatic carbocycles. The highest BCUT2D eigenvalue weighted by molar-refractivity contribution is 6.91. The van der Waals surface area contributed by atoms with Crippen molar-refractivity contribution in [3.05, 3.63) is 48.6 Å². The van der Waals surface area contributed by atoms with Crippen molar-refractivity contribution in [1.29, 1.82) is 0 Å². The number of aliphatic hydroxyl groups is 2. The SMILES string of the molecule is C=C(C)C(=O)OCCC[Si](C)(C)O[Si](C)(C)O[Si](C)(CCCOCC(COC(=O)CCC(=O)O)OC(=O)CCC(=O)O)O[Si](C)(C)CCCOC(=O)C(=C)C.C=C(C)C(=O)OCCC[Si](C)(C)O[Si](C)(C)O[Si](C)(CCCOCC(O)CO)O[Si](C)(C)CCCOC(=O)C(=C)C.O=C1CCC(=O)O1. The fraction of sp³-hybridized carbons (Fsp3) is 0.727. The third-order valence-corrected chi connectivity index (χ3v) is 46.6. The Morgan fingerprint density at radius 3 is 1.00 bits per heavy atom. The van der Waals surface area contributed by atoms with Gasteiger partial charge in [0, 0.05) is 35.5 Å². The van der Waals surface area contributed by atoms with Crippen LogP contribution >= 0.6 is 0 Å². The number of esters is 8. The minimum atomic E-state index is -2.98. The number of ether oxygens (including phenoxy) is 9. The van der Waals surface area contributed by atoms with E-state index in [1.165, 1.54) is 0 Å². The largest absolute Gasteiger partial charge is 0.481 e. The molecule has 0 spiro atoms. The first-order valence-electron chi connectivity index (χ1n) is 34.8. The first-order chi connectivity index (χ1) is 47.3. The van der Waals surface area contributed by atoms with Gasteiger partial charge in [0.15, 0.2) is 39.4 Å². The van der Waals surface area contributed by atoms with E-state index in [9.17, 15) is 53.1 Å². The Morgan fingerprint density at radius 2 is 0.709 bits per heavy atom. The molecule has 1 fully saturated rings. The summed E-state index contributed by atoms with van der Waals surface area (Å²) in [5, 5.41) is 36.3. The zero-order valence-electron chi connectivity index (χ0n) is 64.8. The highest BCUT2D eigenvalue weighted by Gasteiger charge is 2.48. The van der Waals surface area contributed by atoms with Crippen LogP contribution in [0.3, 0.4) is 0 Å². The maximum atomic E-state index is 12.2. The monoisotopic (exact) mass is 1600 g/mol. The van der Waals surface area contributed by atoms with Crippen LogP contribution < -0.4 is 0 Å². The van der Waals surface area contributed by atoms with E-state index in [-0.39, 0.29) is 70.8 Å². The summed E-state index contributed by atoms with van der Waals surface area (Å²) in [7, 11) is -20.1. The predicted molar refractivity (Wildman–Crippen MR) is 404 cm³/mol. The summed E-state index contributed by atoms with van der Waals surface area (Å²) in [5.41, 5.74) is 1.44. The zero-order valence-corrected chi connectivity index (χ0v) is 72.8. The molecule has 1 heterocycles. The molecule has 29 nitrogen and oxygen atoms in total. The van der Waals surface area contributed by atoms with Crippen molar-refractivity contribution >= 4 is 127 Å². The van der Waals surface area contributed by atoms with Crippen LogP contribution in [0.2, 0.25) is 128 Å². The molecule has 4 unspecified atom stereocenters. The van der Waals surface area contributed by atoms with Gasteiger partial charge in [-0.2, -0.15) is 0 Å². The fourth-order valence-corrected chi connectivity index (χ4v) is 49.4. The van der Waals surface area contributed by atoms with Crippen LogP contribution in [0.15, 0.2) is 48.6 Å².